The normalized spacial score (nSPS) is 33.9. The first kappa shape index (κ1) is 16.5. The van der Waals surface area contributed by atoms with Crippen LogP contribution in [0.5, 0.6) is 6.01 Å². The lowest BCUT2D eigenvalue weighted by atomic mass is 10.00. The molecule has 4 fully saturated rings. The van der Waals surface area contributed by atoms with Gasteiger partial charge >= 0.3 is 6.01 Å². The van der Waals surface area contributed by atoms with Crippen LogP contribution in [-0.2, 0) is 9.47 Å². The van der Waals surface area contributed by atoms with Crippen LogP contribution in [0, 0.1) is 0 Å². The second-order valence-corrected chi connectivity index (χ2v) is 7.85. The molecule has 4 bridgehead atoms. The number of rotatable bonds is 3. The summed E-state index contributed by atoms with van der Waals surface area (Å²) in [4.78, 5) is 18.4. The average Bonchev–Trinajstić information content (AvgIpc) is 2.67. The molecule has 0 spiro atoms. The van der Waals surface area contributed by atoms with Crippen molar-refractivity contribution >= 4 is 11.9 Å². The van der Waals surface area contributed by atoms with Crippen molar-refractivity contribution in [2.75, 3.05) is 43.1 Å². The monoisotopic (exact) mass is 361 g/mol. The average molecular weight is 361 g/mol. The molecule has 5 heterocycles. The maximum absolute atomic E-state index is 6.06. The summed E-state index contributed by atoms with van der Waals surface area (Å²) < 4.78 is 17.5. The van der Waals surface area contributed by atoms with E-state index in [-0.39, 0.29) is 24.4 Å². The predicted molar refractivity (Wildman–Crippen MR) is 95.8 cm³/mol. The van der Waals surface area contributed by atoms with Crippen molar-refractivity contribution in [3.63, 3.8) is 0 Å². The molecular formula is C18H27N5O3. The number of anilines is 2. The van der Waals surface area contributed by atoms with Gasteiger partial charge in [0.05, 0.1) is 31.5 Å². The number of fused-ring (bicyclic) bond motifs is 4. The molecule has 0 N–H and O–H groups in total. The molecule has 0 amide bonds. The number of hydrogen-bond acceptors (Lipinski definition) is 8. The minimum absolute atomic E-state index is 0.288. The van der Waals surface area contributed by atoms with Crippen LogP contribution in [0.1, 0.15) is 38.5 Å². The fraction of sp³-hybridized carbons (Fsp3) is 0.833. The zero-order valence-corrected chi connectivity index (χ0v) is 15.3. The van der Waals surface area contributed by atoms with Crippen molar-refractivity contribution in [3.8, 4) is 6.01 Å². The van der Waals surface area contributed by atoms with Crippen LogP contribution in [0.4, 0.5) is 11.9 Å². The third-order valence-corrected chi connectivity index (χ3v) is 5.91. The molecule has 0 radical (unpaired) electrons. The maximum Gasteiger partial charge on any atom is 0.322 e. The summed E-state index contributed by atoms with van der Waals surface area (Å²) in [6, 6.07) is 0.387. The summed E-state index contributed by atoms with van der Waals surface area (Å²) in [6.07, 6.45) is 8.14. The van der Waals surface area contributed by atoms with E-state index in [1.54, 1.807) is 7.11 Å². The lowest BCUT2D eigenvalue weighted by Crippen LogP contribution is -2.51. The molecule has 5 rings (SSSR count). The topological polar surface area (TPSA) is 72.8 Å². The Balaban J connectivity index is 1.41. The molecule has 0 saturated carbocycles. The number of morpholine rings is 2. The molecule has 142 valence electrons. The Hall–Kier alpha value is -1.67. The van der Waals surface area contributed by atoms with Crippen molar-refractivity contribution in [1.29, 1.82) is 0 Å². The van der Waals surface area contributed by atoms with Gasteiger partial charge in [-0.05, 0) is 38.5 Å². The van der Waals surface area contributed by atoms with Crippen LogP contribution in [0.3, 0.4) is 0 Å². The van der Waals surface area contributed by atoms with E-state index >= 15 is 0 Å². The summed E-state index contributed by atoms with van der Waals surface area (Å²) in [5, 5.41) is 0. The second kappa shape index (κ2) is 6.81. The largest absolute Gasteiger partial charge is 0.467 e. The first-order valence-corrected chi connectivity index (χ1v) is 9.87. The van der Waals surface area contributed by atoms with Crippen LogP contribution in [-0.4, -0.2) is 72.7 Å². The lowest BCUT2D eigenvalue weighted by molar-refractivity contribution is -0.0613. The van der Waals surface area contributed by atoms with E-state index in [0.29, 0.717) is 17.9 Å². The lowest BCUT2D eigenvalue weighted by Gasteiger charge is -2.42. The molecule has 26 heavy (non-hydrogen) atoms. The summed E-state index contributed by atoms with van der Waals surface area (Å²) >= 11 is 0. The van der Waals surface area contributed by atoms with Crippen LogP contribution < -0.4 is 14.5 Å². The van der Waals surface area contributed by atoms with Gasteiger partial charge in [-0.15, -0.1) is 0 Å². The van der Waals surface area contributed by atoms with E-state index < -0.39 is 0 Å². The van der Waals surface area contributed by atoms with Crippen molar-refractivity contribution in [3.05, 3.63) is 0 Å². The quantitative estimate of drug-likeness (QED) is 0.800. The second-order valence-electron chi connectivity index (χ2n) is 7.85. The molecule has 4 unspecified atom stereocenters. The zero-order valence-electron chi connectivity index (χ0n) is 15.3. The van der Waals surface area contributed by atoms with Gasteiger partial charge in [-0.2, -0.15) is 15.0 Å². The predicted octanol–water partition coefficient (Wildman–Crippen LogP) is 1.40. The maximum atomic E-state index is 6.06. The van der Waals surface area contributed by atoms with E-state index in [9.17, 15) is 0 Å². The highest BCUT2D eigenvalue weighted by molar-refractivity contribution is 5.42. The molecule has 8 nitrogen and oxygen atoms in total. The van der Waals surface area contributed by atoms with Crippen LogP contribution >= 0.6 is 0 Å². The molecule has 4 aliphatic heterocycles. The van der Waals surface area contributed by atoms with E-state index in [4.69, 9.17) is 19.2 Å². The van der Waals surface area contributed by atoms with Crippen molar-refractivity contribution in [2.24, 2.45) is 0 Å². The summed E-state index contributed by atoms with van der Waals surface area (Å²) in [5.74, 6) is 1.42. The molecule has 4 saturated heterocycles. The molecule has 4 atom stereocenters. The molecule has 8 heteroatoms. The number of nitrogens with zero attached hydrogens (tertiary/aromatic N) is 5. The molecule has 0 aliphatic carbocycles. The SMILES string of the molecule is COc1nc(N2CC3CCCC(C2)O3)nc(N2CC3CCCC(C2)O3)n1. The standard InChI is InChI=1S/C18H27N5O3/c1-24-18-20-16(22-8-12-4-2-5-13(9-22)25-12)19-17(21-18)23-10-14-6-3-7-15(11-23)26-14/h12-15H,2-11H2,1H3. The Morgan fingerprint density at radius 2 is 1.15 bits per heavy atom. The third kappa shape index (κ3) is 3.20. The fourth-order valence-corrected chi connectivity index (χ4v) is 4.67. The van der Waals surface area contributed by atoms with Gasteiger partial charge in [-0.3, -0.25) is 0 Å². The zero-order chi connectivity index (χ0) is 17.5. The molecule has 1 aromatic rings. The van der Waals surface area contributed by atoms with Crippen LogP contribution in [0.2, 0.25) is 0 Å². The first-order valence-electron chi connectivity index (χ1n) is 9.87. The van der Waals surface area contributed by atoms with Gasteiger partial charge in [0, 0.05) is 26.2 Å². The highest BCUT2D eigenvalue weighted by Crippen LogP contribution is 2.30. The van der Waals surface area contributed by atoms with Gasteiger partial charge in [0.1, 0.15) is 0 Å². The Labute approximate surface area is 153 Å². The molecule has 4 aliphatic rings. The summed E-state index contributed by atoms with van der Waals surface area (Å²) in [6.45, 7) is 3.38. The van der Waals surface area contributed by atoms with E-state index in [1.807, 2.05) is 0 Å². The van der Waals surface area contributed by atoms with Gasteiger partial charge in [0.2, 0.25) is 11.9 Å². The molecular weight excluding hydrogens is 334 g/mol. The van der Waals surface area contributed by atoms with Crippen molar-refractivity contribution in [2.45, 2.75) is 62.9 Å². The van der Waals surface area contributed by atoms with E-state index in [1.165, 1.54) is 12.8 Å². The van der Waals surface area contributed by atoms with Crippen molar-refractivity contribution in [1.82, 2.24) is 15.0 Å². The molecule has 1 aromatic heterocycles. The Bertz CT molecular complexity index is 585. The number of aromatic nitrogens is 3. The fourth-order valence-electron chi connectivity index (χ4n) is 4.67. The number of methoxy groups -OCH3 is 1. The Kier molecular flexibility index (Phi) is 4.32. The van der Waals surface area contributed by atoms with Crippen molar-refractivity contribution < 1.29 is 14.2 Å². The van der Waals surface area contributed by atoms with Gasteiger partial charge in [-0.1, -0.05) is 0 Å². The minimum atomic E-state index is 0.288. The highest BCUT2D eigenvalue weighted by atomic mass is 16.5. The van der Waals surface area contributed by atoms with Crippen LogP contribution in [0.15, 0.2) is 0 Å². The summed E-state index contributed by atoms with van der Waals surface area (Å²) in [7, 11) is 1.62. The van der Waals surface area contributed by atoms with E-state index in [2.05, 4.69) is 19.8 Å². The minimum Gasteiger partial charge on any atom is -0.467 e. The molecule has 0 aromatic carbocycles. The number of hydrogen-bond donors (Lipinski definition) is 0. The third-order valence-electron chi connectivity index (χ3n) is 5.91. The number of ether oxygens (including phenoxy) is 3. The Morgan fingerprint density at radius 3 is 1.54 bits per heavy atom. The first-order chi connectivity index (χ1) is 12.8. The van der Waals surface area contributed by atoms with E-state index in [0.717, 1.165) is 51.9 Å². The smallest absolute Gasteiger partial charge is 0.322 e. The van der Waals surface area contributed by atoms with Gasteiger partial charge in [-0.25, -0.2) is 0 Å². The Morgan fingerprint density at radius 1 is 0.731 bits per heavy atom. The van der Waals surface area contributed by atoms with Crippen LogP contribution in [0.25, 0.3) is 0 Å². The summed E-state index contributed by atoms with van der Waals surface area (Å²) in [5.41, 5.74) is 0. The van der Waals surface area contributed by atoms with Gasteiger partial charge < -0.3 is 24.0 Å². The van der Waals surface area contributed by atoms with Gasteiger partial charge in [0.25, 0.3) is 0 Å². The van der Waals surface area contributed by atoms with Gasteiger partial charge in [0.15, 0.2) is 0 Å². The highest BCUT2D eigenvalue weighted by Gasteiger charge is 2.35.